The Morgan fingerprint density at radius 1 is 1.00 bits per heavy atom. The minimum absolute atomic E-state index is 0.192. The van der Waals surface area contributed by atoms with E-state index >= 15 is 0 Å². The van der Waals surface area contributed by atoms with Crippen molar-refractivity contribution in [1.29, 1.82) is 0 Å². The Bertz CT molecular complexity index is 1290. The third-order valence-electron chi connectivity index (χ3n) is 5.90. The summed E-state index contributed by atoms with van der Waals surface area (Å²) in [5.74, 6) is 0.630. The lowest BCUT2D eigenvalue weighted by Gasteiger charge is -2.15. The van der Waals surface area contributed by atoms with Gasteiger partial charge in [-0.3, -0.25) is 23.8 Å². The summed E-state index contributed by atoms with van der Waals surface area (Å²) in [6.07, 6.45) is 8.83. The maximum atomic E-state index is 10.6. The summed E-state index contributed by atoms with van der Waals surface area (Å²) >= 11 is 8.89. The second-order valence-electron chi connectivity index (χ2n) is 9.76. The molecule has 214 valence electrons. The minimum atomic E-state index is -0.666. The van der Waals surface area contributed by atoms with Crippen LogP contribution in [0, 0.1) is 9.49 Å². The van der Waals surface area contributed by atoms with Crippen LogP contribution in [0.4, 0.5) is 0 Å². The Labute approximate surface area is 261 Å². The van der Waals surface area contributed by atoms with Gasteiger partial charge in [-0.15, -0.1) is 0 Å². The van der Waals surface area contributed by atoms with Crippen LogP contribution in [-0.4, -0.2) is 52.5 Å². The summed E-state index contributed by atoms with van der Waals surface area (Å²) in [5, 5.41) is 23.2. The zero-order valence-corrected chi connectivity index (χ0v) is 29.1. The van der Waals surface area contributed by atoms with E-state index in [0.717, 1.165) is 50.0 Å². The number of aldehydes is 1. The molecule has 2 unspecified atom stereocenters. The summed E-state index contributed by atoms with van der Waals surface area (Å²) in [7, 11) is 3.74. The molecule has 0 bridgehead atoms. The van der Waals surface area contributed by atoms with Gasteiger partial charge in [0.2, 0.25) is 0 Å². The van der Waals surface area contributed by atoms with Crippen LogP contribution in [0.3, 0.4) is 0 Å². The van der Waals surface area contributed by atoms with Gasteiger partial charge < -0.3 is 5.11 Å². The van der Waals surface area contributed by atoms with E-state index < -0.39 is 6.10 Å². The zero-order valence-electron chi connectivity index (χ0n) is 23.7. The maximum Gasteiger partial charge on any atom is 0.153 e. The van der Waals surface area contributed by atoms with Gasteiger partial charge in [-0.05, 0) is 79.6 Å². The van der Waals surface area contributed by atoms with Crippen LogP contribution in [0.15, 0.2) is 44.4 Å². The second-order valence-corrected chi connectivity index (χ2v) is 12.4. The highest BCUT2D eigenvalue weighted by Gasteiger charge is 2.28. The average molecular weight is 779 g/mol. The maximum absolute atomic E-state index is 10.6. The van der Waals surface area contributed by atoms with Gasteiger partial charge in [0.05, 0.1) is 20.9 Å². The van der Waals surface area contributed by atoms with Crippen molar-refractivity contribution in [2.24, 2.45) is 25.0 Å². The van der Waals surface area contributed by atoms with Gasteiger partial charge in [-0.1, -0.05) is 40.7 Å². The van der Waals surface area contributed by atoms with Crippen LogP contribution >= 0.6 is 54.5 Å². The number of halogens is 3. The van der Waals surface area contributed by atoms with E-state index in [1.54, 1.807) is 20.2 Å². The van der Waals surface area contributed by atoms with Gasteiger partial charge in [-0.2, -0.15) is 15.3 Å². The van der Waals surface area contributed by atoms with Gasteiger partial charge in [-0.25, -0.2) is 0 Å². The second kappa shape index (κ2) is 15.4. The van der Waals surface area contributed by atoms with Crippen LogP contribution in [0.1, 0.15) is 81.6 Å². The van der Waals surface area contributed by atoms with E-state index in [2.05, 4.69) is 96.6 Å². The monoisotopic (exact) mass is 777 g/mol. The van der Waals surface area contributed by atoms with Crippen molar-refractivity contribution in [2.45, 2.75) is 72.6 Å². The first-order valence-corrected chi connectivity index (χ1v) is 15.5. The smallest absolute Gasteiger partial charge is 0.153 e. The SMILES string of the molecule is CCC1C=C(C(O)c2cn(C)nc2Br)C(C(C)C)=N1.CCn1cc(C=O)c(C(C)C)n1.Cn1cc(I)c(Br)n1. The van der Waals surface area contributed by atoms with Gasteiger partial charge in [0.15, 0.2) is 6.29 Å². The van der Waals surface area contributed by atoms with Crippen LogP contribution < -0.4 is 0 Å². The Morgan fingerprint density at radius 3 is 1.97 bits per heavy atom. The molecule has 4 heterocycles. The van der Waals surface area contributed by atoms with Crippen LogP contribution in [0.2, 0.25) is 0 Å². The molecule has 3 aromatic heterocycles. The Balaban J connectivity index is 0.000000227. The Kier molecular flexibility index (Phi) is 13.2. The molecular formula is C27H38Br2IN7O2. The molecule has 0 aliphatic carbocycles. The summed E-state index contributed by atoms with van der Waals surface area (Å²) in [5.41, 5.74) is 4.34. The van der Waals surface area contributed by atoms with E-state index in [1.165, 1.54) is 0 Å². The number of hydrogen-bond acceptors (Lipinski definition) is 6. The normalized spacial score (nSPS) is 15.4. The Hall–Kier alpha value is -1.64. The van der Waals surface area contributed by atoms with Crippen molar-refractivity contribution in [3.05, 3.63) is 59.8 Å². The fourth-order valence-electron chi connectivity index (χ4n) is 3.92. The van der Waals surface area contributed by atoms with Gasteiger partial charge >= 0.3 is 0 Å². The molecule has 2 atom stereocenters. The molecule has 1 aliphatic heterocycles. The number of aryl methyl sites for hydroxylation is 3. The first-order chi connectivity index (χ1) is 18.3. The van der Waals surface area contributed by atoms with Crippen LogP contribution in [-0.2, 0) is 20.6 Å². The zero-order chi connectivity index (χ0) is 29.4. The molecule has 3 aromatic rings. The highest BCUT2D eigenvalue weighted by atomic mass is 127. The fourth-order valence-corrected chi connectivity index (χ4v) is 5.36. The summed E-state index contributed by atoms with van der Waals surface area (Å²) in [4.78, 5) is 15.3. The van der Waals surface area contributed by atoms with E-state index in [1.807, 2.05) is 47.3 Å². The minimum Gasteiger partial charge on any atom is -0.383 e. The number of carbonyl (C=O) groups excluding carboxylic acids is 1. The van der Waals surface area contributed by atoms with Crippen molar-refractivity contribution < 1.29 is 9.90 Å². The first kappa shape index (κ1) is 33.6. The summed E-state index contributed by atoms with van der Waals surface area (Å²) < 4.78 is 8.00. The van der Waals surface area contributed by atoms with E-state index in [-0.39, 0.29) is 6.04 Å². The molecule has 12 heteroatoms. The van der Waals surface area contributed by atoms with Gasteiger partial charge in [0, 0.05) is 56.1 Å². The lowest BCUT2D eigenvalue weighted by molar-refractivity contribution is 0.112. The van der Waals surface area contributed by atoms with E-state index in [0.29, 0.717) is 22.0 Å². The number of aliphatic hydroxyl groups excluding tert-OH is 1. The predicted octanol–water partition coefficient (Wildman–Crippen LogP) is 6.66. The van der Waals surface area contributed by atoms with Crippen molar-refractivity contribution in [3.63, 3.8) is 0 Å². The molecule has 0 saturated heterocycles. The summed E-state index contributed by atoms with van der Waals surface area (Å²) in [6.45, 7) is 13.2. The van der Waals surface area contributed by atoms with Crippen molar-refractivity contribution in [3.8, 4) is 0 Å². The molecule has 0 spiro atoms. The van der Waals surface area contributed by atoms with E-state index in [9.17, 15) is 9.90 Å². The largest absolute Gasteiger partial charge is 0.383 e. The fraction of sp³-hybridized carbons (Fsp3) is 0.519. The van der Waals surface area contributed by atoms with Crippen molar-refractivity contribution in [1.82, 2.24) is 29.3 Å². The third-order valence-corrected chi connectivity index (χ3v) is 8.63. The highest BCUT2D eigenvalue weighted by molar-refractivity contribution is 14.1. The highest BCUT2D eigenvalue weighted by Crippen LogP contribution is 2.33. The van der Waals surface area contributed by atoms with Gasteiger partial charge in [0.25, 0.3) is 0 Å². The molecule has 0 saturated carbocycles. The molecular weight excluding hydrogens is 741 g/mol. The molecule has 9 nitrogen and oxygen atoms in total. The van der Waals surface area contributed by atoms with Crippen LogP contribution in [0.5, 0.6) is 0 Å². The van der Waals surface area contributed by atoms with Crippen LogP contribution in [0.25, 0.3) is 0 Å². The van der Waals surface area contributed by atoms with Gasteiger partial charge in [0.1, 0.15) is 15.3 Å². The Morgan fingerprint density at radius 2 is 1.62 bits per heavy atom. The molecule has 39 heavy (non-hydrogen) atoms. The number of rotatable bonds is 7. The third kappa shape index (κ3) is 9.19. The quantitative estimate of drug-likeness (QED) is 0.214. The molecule has 0 amide bonds. The lowest BCUT2D eigenvalue weighted by Crippen LogP contribution is -2.14. The molecule has 0 aromatic carbocycles. The van der Waals surface area contributed by atoms with Crippen molar-refractivity contribution in [2.75, 3.05) is 0 Å². The number of aromatic nitrogens is 6. The first-order valence-electron chi connectivity index (χ1n) is 12.9. The molecule has 0 radical (unpaired) electrons. The van der Waals surface area contributed by atoms with Crippen molar-refractivity contribution >= 4 is 66.4 Å². The summed E-state index contributed by atoms with van der Waals surface area (Å²) in [6, 6.07) is 0.192. The number of aliphatic hydroxyl groups is 1. The number of nitrogens with zero attached hydrogens (tertiary/aromatic N) is 7. The molecule has 0 fully saturated rings. The topological polar surface area (TPSA) is 103 Å². The molecule has 1 N–H and O–H groups in total. The standard InChI is InChI=1S/C14H20BrN3O.C9H14N2O.C4H4BrIN2/c1-5-9-6-10(12(16-9)8(2)3)13(19)11-7-18(4)17-14(11)15;1-4-11-5-8(6-12)9(10-11)7(2)3;1-8-2-3(6)4(5)7-8/h6-9,13,19H,5H2,1-4H3;5-7H,4H2,1-3H3;2H,1H3. The average Bonchev–Trinajstić information content (AvgIpc) is 3.64. The number of aliphatic imine (C=N–C) groups is 1. The molecule has 4 rings (SSSR count). The predicted molar refractivity (Wildman–Crippen MR) is 171 cm³/mol. The molecule has 1 aliphatic rings. The lowest BCUT2D eigenvalue weighted by atomic mass is 9.94. The number of carbonyl (C=O) groups is 1. The van der Waals surface area contributed by atoms with E-state index in [4.69, 9.17) is 4.99 Å². The number of hydrogen-bond donors (Lipinski definition) is 1.